The highest BCUT2D eigenvalue weighted by Gasteiger charge is 1.95. The van der Waals surface area contributed by atoms with Crippen LogP contribution in [0.3, 0.4) is 0 Å². The van der Waals surface area contributed by atoms with Gasteiger partial charge in [0, 0.05) is 10.6 Å². The quantitative estimate of drug-likeness (QED) is 0.771. The molecule has 54 valence electrons. The first-order valence-corrected chi connectivity index (χ1v) is 4.32. The van der Waals surface area contributed by atoms with Gasteiger partial charge >= 0.3 is 0 Å². The molecule has 0 atom stereocenters. The van der Waals surface area contributed by atoms with Crippen molar-refractivity contribution in [1.82, 2.24) is 0 Å². The lowest BCUT2D eigenvalue weighted by Crippen LogP contribution is -1.88. The summed E-state index contributed by atoms with van der Waals surface area (Å²) < 4.78 is 1.15. The molecule has 0 heterocycles. The van der Waals surface area contributed by atoms with Gasteiger partial charge in [0.2, 0.25) is 0 Å². The minimum Gasteiger partial charge on any atom is -0.387 e. The molecule has 0 unspecified atom stereocenters. The predicted molar refractivity (Wildman–Crippen MR) is 53.7 cm³/mol. The molecule has 0 bridgehead atoms. The van der Waals surface area contributed by atoms with Gasteiger partial charge in [-0.2, -0.15) is 0 Å². The summed E-state index contributed by atoms with van der Waals surface area (Å²) in [6.45, 7) is 0. The number of benzene rings is 1. The summed E-state index contributed by atoms with van der Waals surface area (Å²) >= 11 is 8.09. The highest BCUT2D eigenvalue weighted by molar-refractivity contribution is 14.1. The average molecular weight is 267 g/mol. The largest absolute Gasteiger partial charge is 0.387 e. The fourth-order valence-electron chi connectivity index (χ4n) is 0.692. The maximum absolute atomic E-state index is 5.86. The average Bonchev–Trinajstić information content (AvgIpc) is 1.88. The second kappa shape index (κ2) is 3.44. The summed E-state index contributed by atoms with van der Waals surface area (Å²) in [5, 5.41) is 3.76. The molecule has 1 aromatic rings. The van der Waals surface area contributed by atoms with Crippen molar-refractivity contribution >= 4 is 39.9 Å². The Kier molecular flexibility index (Phi) is 2.80. The van der Waals surface area contributed by atoms with Crippen LogP contribution in [0.5, 0.6) is 0 Å². The molecule has 10 heavy (non-hydrogen) atoms. The van der Waals surface area contributed by atoms with Crippen LogP contribution in [0.1, 0.15) is 0 Å². The Balaban J connectivity index is 3.07. The van der Waals surface area contributed by atoms with E-state index in [4.69, 9.17) is 11.6 Å². The first kappa shape index (κ1) is 8.14. The van der Waals surface area contributed by atoms with Gasteiger partial charge in [-0.05, 0) is 40.8 Å². The van der Waals surface area contributed by atoms with E-state index in [1.807, 2.05) is 25.2 Å². The van der Waals surface area contributed by atoms with E-state index in [1.54, 1.807) is 0 Å². The Labute approximate surface area is 78.9 Å². The van der Waals surface area contributed by atoms with Crippen molar-refractivity contribution in [3.63, 3.8) is 0 Å². The fourth-order valence-corrected chi connectivity index (χ4v) is 1.64. The van der Waals surface area contributed by atoms with Crippen LogP contribution >= 0.6 is 34.2 Å². The zero-order valence-electron chi connectivity index (χ0n) is 5.49. The molecule has 0 aliphatic carbocycles. The first-order chi connectivity index (χ1) is 4.74. The Bertz CT molecular complexity index is 237. The van der Waals surface area contributed by atoms with E-state index in [2.05, 4.69) is 27.9 Å². The Morgan fingerprint density at radius 3 is 2.70 bits per heavy atom. The summed E-state index contributed by atoms with van der Waals surface area (Å²) in [5.41, 5.74) is 0.974. The van der Waals surface area contributed by atoms with Gasteiger partial charge in [-0.15, -0.1) is 0 Å². The third kappa shape index (κ3) is 1.76. The van der Waals surface area contributed by atoms with Gasteiger partial charge in [0.1, 0.15) is 0 Å². The molecule has 0 radical (unpaired) electrons. The van der Waals surface area contributed by atoms with Gasteiger partial charge in [-0.25, -0.2) is 0 Å². The molecular weight excluding hydrogens is 260 g/mol. The van der Waals surface area contributed by atoms with Crippen molar-refractivity contribution in [1.29, 1.82) is 0 Å². The molecule has 0 saturated heterocycles. The minimum atomic E-state index is 0.773. The Morgan fingerprint density at radius 2 is 2.20 bits per heavy atom. The molecule has 1 rings (SSSR count). The molecule has 0 spiro atoms. The van der Waals surface area contributed by atoms with Crippen LogP contribution in [0.15, 0.2) is 18.2 Å². The van der Waals surface area contributed by atoms with Crippen LogP contribution in [0.4, 0.5) is 5.69 Å². The van der Waals surface area contributed by atoms with E-state index in [0.717, 1.165) is 14.3 Å². The molecule has 0 amide bonds. The molecule has 0 aliphatic rings. The molecule has 1 aromatic carbocycles. The zero-order chi connectivity index (χ0) is 7.56. The van der Waals surface area contributed by atoms with E-state index in [0.29, 0.717) is 0 Å². The fraction of sp³-hybridized carbons (Fsp3) is 0.143. The Hall–Kier alpha value is 0.0400. The summed E-state index contributed by atoms with van der Waals surface area (Å²) in [6.07, 6.45) is 0. The first-order valence-electron chi connectivity index (χ1n) is 2.87. The monoisotopic (exact) mass is 267 g/mol. The van der Waals surface area contributed by atoms with E-state index < -0.39 is 0 Å². The lowest BCUT2D eigenvalue weighted by molar-refractivity contribution is 1.50. The highest BCUT2D eigenvalue weighted by atomic mass is 127. The topological polar surface area (TPSA) is 12.0 Å². The van der Waals surface area contributed by atoms with Crippen LogP contribution in [0, 0.1) is 3.57 Å². The number of hydrogen-bond acceptors (Lipinski definition) is 1. The van der Waals surface area contributed by atoms with Gasteiger partial charge in [-0.3, -0.25) is 0 Å². The van der Waals surface area contributed by atoms with Gasteiger partial charge in [0.25, 0.3) is 0 Å². The van der Waals surface area contributed by atoms with Gasteiger partial charge < -0.3 is 5.32 Å². The maximum atomic E-state index is 5.86. The number of rotatable bonds is 1. The highest BCUT2D eigenvalue weighted by Crippen LogP contribution is 2.22. The van der Waals surface area contributed by atoms with Crippen molar-refractivity contribution in [3.05, 3.63) is 26.8 Å². The third-order valence-electron chi connectivity index (χ3n) is 1.20. The van der Waals surface area contributed by atoms with E-state index >= 15 is 0 Å². The molecule has 0 fully saturated rings. The molecule has 3 heteroatoms. The maximum Gasteiger partial charge on any atom is 0.0647 e. The van der Waals surface area contributed by atoms with Crippen LogP contribution in [-0.4, -0.2) is 7.05 Å². The third-order valence-corrected chi connectivity index (χ3v) is 2.18. The van der Waals surface area contributed by atoms with Crippen molar-refractivity contribution < 1.29 is 0 Å². The SMILES string of the molecule is CNc1ccc(I)cc1Cl. The number of anilines is 1. The standard InChI is InChI=1S/C7H7ClIN/c1-10-7-3-2-5(9)4-6(7)8/h2-4,10H,1H3. The van der Waals surface area contributed by atoms with Gasteiger partial charge in [0.05, 0.1) is 10.7 Å². The normalized spacial score (nSPS) is 9.50. The smallest absolute Gasteiger partial charge is 0.0647 e. The van der Waals surface area contributed by atoms with Gasteiger partial charge in [-0.1, -0.05) is 11.6 Å². The molecule has 0 saturated carbocycles. The summed E-state index contributed by atoms with van der Waals surface area (Å²) in [4.78, 5) is 0. The van der Waals surface area contributed by atoms with Crippen LogP contribution < -0.4 is 5.32 Å². The lowest BCUT2D eigenvalue weighted by Gasteiger charge is -2.01. The Morgan fingerprint density at radius 1 is 1.50 bits per heavy atom. The van der Waals surface area contributed by atoms with Crippen molar-refractivity contribution in [2.24, 2.45) is 0 Å². The van der Waals surface area contributed by atoms with Crippen molar-refractivity contribution in [2.75, 3.05) is 12.4 Å². The second-order valence-electron chi connectivity index (χ2n) is 1.87. The van der Waals surface area contributed by atoms with Crippen LogP contribution in [0.2, 0.25) is 5.02 Å². The minimum absolute atomic E-state index is 0.773. The van der Waals surface area contributed by atoms with Gasteiger partial charge in [0.15, 0.2) is 0 Å². The predicted octanol–water partition coefficient (Wildman–Crippen LogP) is 2.99. The number of nitrogens with one attached hydrogen (secondary N) is 1. The zero-order valence-corrected chi connectivity index (χ0v) is 8.40. The summed E-state index contributed by atoms with van der Waals surface area (Å²) in [7, 11) is 1.86. The summed E-state index contributed by atoms with van der Waals surface area (Å²) in [5.74, 6) is 0. The molecule has 0 aromatic heterocycles. The van der Waals surface area contributed by atoms with E-state index in [1.165, 1.54) is 0 Å². The second-order valence-corrected chi connectivity index (χ2v) is 3.53. The van der Waals surface area contributed by atoms with E-state index in [9.17, 15) is 0 Å². The molecular formula is C7H7ClIN. The van der Waals surface area contributed by atoms with Crippen molar-refractivity contribution in [2.45, 2.75) is 0 Å². The van der Waals surface area contributed by atoms with E-state index in [-0.39, 0.29) is 0 Å². The van der Waals surface area contributed by atoms with Crippen LogP contribution in [0.25, 0.3) is 0 Å². The molecule has 0 aliphatic heterocycles. The van der Waals surface area contributed by atoms with Crippen molar-refractivity contribution in [3.8, 4) is 0 Å². The molecule has 1 N–H and O–H groups in total. The summed E-state index contributed by atoms with van der Waals surface area (Å²) in [6, 6.07) is 5.90. The number of hydrogen-bond donors (Lipinski definition) is 1. The number of halogens is 2. The molecule has 1 nitrogen and oxygen atoms in total. The van der Waals surface area contributed by atoms with Crippen LogP contribution in [-0.2, 0) is 0 Å². The lowest BCUT2D eigenvalue weighted by atomic mass is 10.3.